The lowest BCUT2D eigenvalue weighted by atomic mass is 10.1. The van der Waals surface area contributed by atoms with E-state index in [1.54, 1.807) is 36.7 Å². The molecule has 2 heterocycles. The number of anilines is 1. The Labute approximate surface area is 158 Å². The van der Waals surface area contributed by atoms with Gasteiger partial charge in [-0.1, -0.05) is 18.2 Å². The summed E-state index contributed by atoms with van der Waals surface area (Å²) in [5, 5.41) is 2.91. The zero-order valence-corrected chi connectivity index (χ0v) is 15.4. The highest BCUT2D eigenvalue weighted by molar-refractivity contribution is 9.10. The standard InChI is InChI=1S/C20H14BrN3O2/c1-12-4-2-3-5-16(12)19(25)23-15-6-7-18-17(9-15)24-20(26-18)13-8-14(21)11-22-10-13/h2-11H,1H3,(H,23,25). The van der Waals surface area contributed by atoms with Crippen molar-refractivity contribution in [3.05, 3.63) is 76.5 Å². The van der Waals surface area contributed by atoms with Crippen molar-refractivity contribution in [1.82, 2.24) is 9.97 Å². The molecule has 0 radical (unpaired) electrons. The second-order valence-corrected chi connectivity index (χ2v) is 6.78. The van der Waals surface area contributed by atoms with Crippen molar-refractivity contribution in [3.63, 3.8) is 0 Å². The topological polar surface area (TPSA) is 68.0 Å². The van der Waals surface area contributed by atoms with Crippen LogP contribution in [0.5, 0.6) is 0 Å². The van der Waals surface area contributed by atoms with Gasteiger partial charge in [0.25, 0.3) is 5.91 Å². The number of pyridine rings is 1. The van der Waals surface area contributed by atoms with Gasteiger partial charge in [0, 0.05) is 28.1 Å². The Morgan fingerprint density at radius 3 is 2.77 bits per heavy atom. The lowest BCUT2D eigenvalue weighted by Crippen LogP contribution is -2.13. The molecule has 0 fully saturated rings. The summed E-state index contributed by atoms with van der Waals surface area (Å²) in [5.74, 6) is 0.332. The largest absolute Gasteiger partial charge is 0.436 e. The van der Waals surface area contributed by atoms with Crippen molar-refractivity contribution in [1.29, 1.82) is 0 Å². The van der Waals surface area contributed by atoms with E-state index < -0.39 is 0 Å². The predicted molar refractivity (Wildman–Crippen MR) is 104 cm³/mol. The van der Waals surface area contributed by atoms with Gasteiger partial charge in [-0.2, -0.15) is 0 Å². The summed E-state index contributed by atoms with van der Waals surface area (Å²) >= 11 is 3.39. The first-order valence-electron chi connectivity index (χ1n) is 7.99. The average Bonchev–Trinajstić information content (AvgIpc) is 3.05. The normalized spacial score (nSPS) is 10.8. The summed E-state index contributed by atoms with van der Waals surface area (Å²) in [5.41, 5.74) is 4.33. The summed E-state index contributed by atoms with van der Waals surface area (Å²) < 4.78 is 6.64. The fourth-order valence-electron chi connectivity index (χ4n) is 2.68. The molecule has 0 saturated carbocycles. The second kappa shape index (κ2) is 6.72. The number of fused-ring (bicyclic) bond motifs is 1. The number of hydrogen-bond acceptors (Lipinski definition) is 4. The van der Waals surface area contributed by atoms with Crippen molar-refractivity contribution in [2.45, 2.75) is 6.92 Å². The van der Waals surface area contributed by atoms with Gasteiger partial charge in [-0.05, 0) is 58.7 Å². The maximum absolute atomic E-state index is 12.5. The van der Waals surface area contributed by atoms with Gasteiger partial charge in [0.15, 0.2) is 5.58 Å². The highest BCUT2D eigenvalue weighted by atomic mass is 79.9. The molecule has 0 bridgehead atoms. The third-order valence-corrected chi connectivity index (χ3v) is 4.42. The SMILES string of the molecule is Cc1ccccc1C(=O)Nc1ccc2oc(-c3cncc(Br)c3)nc2c1. The molecule has 4 rings (SSSR count). The number of aryl methyl sites for hydroxylation is 1. The Morgan fingerprint density at radius 1 is 1.12 bits per heavy atom. The minimum Gasteiger partial charge on any atom is -0.436 e. The molecule has 0 aliphatic rings. The molecule has 5 nitrogen and oxygen atoms in total. The predicted octanol–water partition coefficient (Wildman–Crippen LogP) is 5.21. The lowest BCUT2D eigenvalue weighted by Gasteiger charge is -2.07. The van der Waals surface area contributed by atoms with Crippen LogP contribution in [0.3, 0.4) is 0 Å². The highest BCUT2D eigenvalue weighted by Gasteiger charge is 2.12. The van der Waals surface area contributed by atoms with Crippen LogP contribution in [0, 0.1) is 6.92 Å². The van der Waals surface area contributed by atoms with E-state index in [0.29, 0.717) is 28.2 Å². The van der Waals surface area contributed by atoms with Crippen molar-refractivity contribution in [2.75, 3.05) is 5.32 Å². The van der Waals surface area contributed by atoms with E-state index in [9.17, 15) is 4.79 Å². The van der Waals surface area contributed by atoms with E-state index in [1.807, 2.05) is 31.2 Å². The van der Waals surface area contributed by atoms with E-state index in [0.717, 1.165) is 15.6 Å². The third-order valence-electron chi connectivity index (χ3n) is 3.99. The van der Waals surface area contributed by atoms with Crippen LogP contribution >= 0.6 is 15.9 Å². The van der Waals surface area contributed by atoms with Crippen molar-refractivity contribution in [3.8, 4) is 11.5 Å². The fourth-order valence-corrected chi connectivity index (χ4v) is 3.05. The molecule has 0 atom stereocenters. The van der Waals surface area contributed by atoms with Gasteiger partial charge < -0.3 is 9.73 Å². The fraction of sp³-hybridized carbons (Fsp3) is 0.0500. The number of benzene rings is 2. The van der Waals surface area contributed by atoms with Gasteiger partial charge in [0.2, 0.25) is 5.89 Å². The number of nitrogens with one attached hydrogen (secondary N) is 1. The number of nitrogens with zero attached hydrogens (tertiary/aromatic N) is 2. The molecule has 26 heavy (non-hydrogen) atoms. The van der Waals surface area contributed by atoms with Crippen molar-refractivity contribution >= 4 is 38.6 Å². The molecule has 1 amide bonds. The minimum atomic E-state index is -0.151. The van der Waals surface area contributed by atoms with Gasteiger partial charge in [0.05, 0.1) is 5.56 Å². The van der Waals surface area contributed by atoms with Crippen LogP contribution in [-0.4, -0.2) is 15.9 Å². The summed E-state index contributed by atoms with van der Waals surface area (Å²) in [7, 11) is 0. The number of oxazole rings is 1. The van der Waals surface area contributed by atoms with Gasteiger partial charge in [-0.15, -0.1) is 0 Å². The van der Waals surface area contributed by atoms with Crippen molar-refractivity contribution in [2.24, 2.45) is 0 Å². The second-order valence-electron chi connectivity index (χ2n) is 5.86. The van der Waals surface area contributed by atoms with E-state index in [1.165, 1.54) is 0 Å². The molecule has 0 unspecified atom stereocenters. The molecule has 1 N–H and O–H groups in total. The number of hydrogen-bond donors (Lipinski definition) is 1. The van der Waals surface area contributed by atoms with Gasteiger partial charge in [0.1, 0.15) is 5.52 Å². The van der Waals surface area contributed by atoms with Crippen LogP contribution in [0.4, 0.5) is 5.69 Å². The maximum atomic E-state index is 12.5. The summed E-state index contributed by atoms with van der Waals surface area (Å²) in [6, 6.07) is 14.7. The first-order chi connectivity index (χ1) is 12.6. The van der Waals surface area contributed by atoms with Crippen LogP contribution in [0.15, 0.2) is 69.8 Å². The quantitative estimate of drug-likeness (QED) is 0.505. The Morgan fingerprint density at radius 2 is 1.96 bits per heavy atom. The molecule has 4 aromatic rings. The monoisotopic (exact) mass is 407 g/mol. The van der Waals surface area contributed by atoms with Gasteiger partial charge in [-0.25, -0.2) is 4.98 Å². The van der Waals surface area contributed by atoms with Gasteiger partial charge >= 0.3 is 0 Å². The van der Waals surface area contributed by atoms with E-state index in [-0.39, 0.29) is 5.91 Å². The first-order valence-corrected chi connectivity index (χ1v) is 8.78. The Bertz CT molecular complexity index is 1120. The number of amides is 1. The molecule has 128 valence electrons. The number of carbonyl (C=O) groups excluding carboxylic acids is 1. The molecule has 0 saturated heterocycles. The summed E-state index contributed by atoms with van der Waals surface area (Å²) in [4.78, 5) is 21.1. The maximum Gasteiger partial charge on any atom is 0.255 e. The van der Waals surface area contributed by atoms with E-state index in [2.05, 4.69) is 31.2 Å². The Hall–Kier alpha value is -2.99. The zero-order chi connectivity index (χ0) is 18.1. The smallest absolute Gasteiger partial charge is 0.255 e. The molecule has 2 aromatic heterocycles. The molecule has 0 spiro atoms. The van der Waals surface area contributed by atoms with Crippen LogP contribution < -0.4 is 5.32 Å². The number of aromatic nitrogens is 2. The molecular formula is C20H14BrN3O2. The van der Waals surface area contributed by atoms with Gasteiger partial charge in [-0.3, -0.25) is 9.78 Å². The summed E-state index contributed by atoms with van der Waals surface area (Å²) in [6.07, 6.45) is 3.39. The zero-order valence-electron chi connectivity index (χ0n) is 13.9. The average molecular weight is 408 g/mol. The van der Waals surface area contributed by atoms with Crippen LogP contribution in [0.25, 0.3) is 22.6 Å². The minimum absolute atomic E-state index is 0.151. The summed E-state index contributed by atoms with van der Waals surface area (Å²) in [6.45, 7) is 1.91. The van der Waals surface area contributed by atoms with E-state index in [4.69, 9.17) is 4.42 Å². The molecule has 6 heteroatoms. The first kappa shape index (κ1) is 16.5. The number of carbonyl (C=O) groups is 1. The van der Waals surface area contributed by atoms with Crippen LogP contribution in [0.1, 0.15) is 15.9 Å². The van der Waals surface area contributed by atoms with Crippen LogP contribution in [0.2, 0.25) is 0 Å². The van der Waals surface area contributed by atoms with Crippen molar-refractivity contribution < 1.29 is 9.21 Å². The lowest BCUT2D eigenvalue weighted by molar-refractivity contribution is 0.102. The number of rotatable bonds is 3. The Balaban J connectivity index is 1.64. The molecule has 0 aliphatic carbocycles. The Kier molecular flexibility index (Phi) is 4.26. The number of halogens is 1. The highest BCUT2D eigenvalue weighted by Crippen LogP contribution is 2.27. The molecular weight excluding hydrogens is 394 g/mol. The molecule has 2 aromatic carbocycles. The third kappa shape index (κ3) is 3.23. The van der Waals surface area contributed by atoms with E-state index >= 15 is 0 Å². The van der Waals surface area contributed by atoms with Crippen LogP contribution in [-0.2, 0) is 0 Å². The molecule has 0 aliphatic heterocycles.